The van der Waals surface area contributed by atoms with Gasteiger partial charge in [-0.3, -0.25) is 0 Å². The number of nitrogens with one attached hydrogen (secondary N) is 1. The van der Waals surface area contributed by atoms with Crippen LogP contribution in [-0.2, 0) is 13.2 Å². The van der Waals surface area contributed by atoms with Crippen molar-refractivity contribution in [3.63, 3.8) is 0 Å². The Kier molecular flexibility index (Phi) is 6.95. The number of hydrogen-bond acceptors (Lipinski definition) is 4. The van der Waals surface area contributed by atoms with Crippen LogP contribution < -0.4 is 25.3 Å². The highest BCUT2D eigenvalue weighted by atomic mass is 16.5. The van der Waals surface area contributed by atoms with Crippen molar-refractivity contribution in [1.82, 2.24) is 0 Å². The molecule has 29 heavy (non-hydrogen) atoms. The molecule has 0 heterocycles. The van der Waals surface area contributed by atoms with E-state index in [2.05, 4.69) is 10.3 Å². The number of rotatable bonds is 8. The van der Waals surface area contributed by atoms with Gasteiger partial charge in [0.1, 0.15) is 12.4 Å². The summed E-state index contributed by atoms with van der Waals surface area (Å²) < 4.78 is 16.6. The van der Waals surface area contributed by atoms with E-state index in [9.17, 15) is 0 Å². The molecule has 3 aromatic rings. The Hall–Kier alpha value is -3.67. The first-order chi connectivity index (χ1) is 14.2. The Bertz CT molecular complexity index is 959. The molecule has 6 nitrogen and oxygen atoms in total. The molecular formula is C23H25N3O3. The van der Waals surface area contributed by atoms with E-state index in [0.717, 1.165) is 22.6 Å². The van der Waals surface area contributed by atoms with Gasteiger partial charge in [-0.25, -0.2) is 4.99 Å². The predicted molar refractivity (Wildman–Crippen MR) is 116 cm³/mol. The zero-order valence-corrected chi connectivity index (χ0v) is 16.6. The molecule has 0 fully saturated rings. The Balaban J connectivity index is 1.62. The number of nitrogens with zero attached hydrogens (tertiary/aromatic N) is 1. The minimum Gasteiger partial charge on any atom is -0.497 e. The van der Waals surface area contributed by atoms with E-state index in [-0.39, 0.29) is 0 Å². The van der Waals surface area contributed by atoms with Crippen molar-refractivity contribution >= 4 is 11.6 Å². The van der Waals surface area contributed by atoms with Crippen molar-refractivity contribution in [1.29, 1.82) is 0 Å². The number of anilines is 1. The SMILES string of the molecule is COc1cccc(NC(N)=NCc2ccc(OCc3ccccc3)c(OC)c2)c1. The largest absolute Gasteiger partial charge is 0.497 e. The van der Waals surface area contributed by atoms with E-state index in [0.29, 0.717) is 30.6 Å². The van der Waals surface area contributed by atoms with Gasteiger partial charge >= 0.3 is 0 Å². The van der Waals surface area contributed by atoms with Crippen molar-refractivity contribution in [2.45, 2.75) is 13.2 Å². The average molecular weight is 391 g/mol. The van der Waals surface area contributed by atoms with Crippen molar-refractivity contribution in [3.05, 3.63) is 83.9 Å². The van der Waals surface area contributed by atoms with Crippen LogP contribution >= 0.6 is 0 Å². The lowest BCUT2D eigenvalue weighted by Gasteiger charge is -2.12. The van der Waals surface area contributed by atoms with E-state index < -0.39 is 0 Å². The van der Waals surface area contributed by atoms with Crippen molar-refractivity contribution in [2.24, 2.45) is 10.7 Å². The summed E-state index contributed by atoms with van der Waals surface area (Å²) in [5, 5.41) is 3.06. The number of ether oxygens (including phenoxy) is 3. The number of methoxy groups -OCH3 is 2. The molecule has 0 saturated carbocycles. The maximum absolute atomic E-state index is 6.00. The molecule has 3 aromatic carbocycles. The Morgan fingerprint density at radius 1 is 0.862 bits per heavy atom. The van der Waals surface area contributed by atoms with Crippen LogP contribution in [0, 0.1) is 0 Å². The molecule has 0 unspecified atom stereocenters. The summed E-state index contributed by atoms with van der Waals surface area (Å²) in [4.78, 5) is 4.39. The minimum absolute atomic E-state index is 0.321. The number of guanidine groups is 1. The Labute approximate surface area is 170 Å². The highest BCUT2D eigenvalue weighted by molar-refractivity contribution is 5.92. The average Bonchev–Trinajstić information content (AvgIpc) is 2.77. The summed E-state index contributed by atoms with van der Waals surface area (Å²) in [5.41, 5.74) is 8.87. The van der Waals surface area contributed by atoms with Crippen molar-refractivity contribution in [2.75, 3.05) is 19.5 Å². The zero-order chi connectivity index (χ0) is 20.5. The lowest BCUT2D eigenvalue weighted by atomic mass is 10.2. The summed E-state index contributed by atoms with van der Waals surface area (Å²) in [6.07, 6.45) is 0. The molecule has 0 aliphatic carbocycles. The highest BCUT2D eigenvalue weighted by Gasteiger charge is 2.07. The van der Waals surface area contributed by atoms with Gasteiger partial charge in [-0.05, 0) is 35.4 Å². The molecular weight excluding hydrogens is 366 g/mol. The Morgan fingerprint density at radius 3 is 2.45 bits per heavy atom. The van der Waals surface area contributed by atoms with Crippen molar-refractivity contribution in [3.8, 4) is 17.2 Å². The van der Waals surface area contributed by atoms with E-state index in [1.165, 1.54) is 0 Å². The molecule has 3 N–H and O–H groups in total. The van der Waals surface area contributed by atoms with Gasteiger partial charge in [0.05, 0.1) is 20.8 Å². The Morgan fingerprint density at radius 2 is 1.69 bits per heavy atom. The molecule has 0 aromatic heterocycles. The quantitative estimate of drug-likeness (QED) is 0.444. The number of aliphatic imine (C=N–C) groups is 1. The molecule has 0 amide bonds. The van der Waals surface area contributed by atoms with E-state index >= 15 is 0 Å². The first kappa shape index (κ1) is 20.1. The second kappa shape index (κ2) is 10.0. The molecule has 0 aliphatic heterocycles. The monoisotopic (exact) mass is 391 g/mol. The highest BCUT2D eigenvalue weighted by Crippen LogP contribution is 2.29. The van der Waals surface area contributed by atoms with Gasteiger partial charge in [-0.15, -0.1) is 0 Å². The number of nitrogens with two attached hydrogens (primary N) is 1. The molecule has 0 bridgehead atoms. The summed E-state index contributed by atoms with van der Waals surface area (Å²) in [7, 11) is 3.24. The molecule has 0 aliphatic rings. The van der Waals surface area contributed by atoms with Gasteiger partial charge in [0, 0.05) is 11.8 Å². The normalized spacial score (nSPS) is 11.0. The van der Waals surface area contributed by atoms with Gasteiger partial charge in [-0.1, -0.05) is 42.5 Å². The first-order valence-electron chi connectivity index (χ1n) is 9.22. The van der Waals surface area contributed by atoms with E-state index in [1.807, 2.05) is 72.8 Å². The number of benzene rings is 3. The van der Waals surface area contributed by atoms with Gasteiger partial charge in [0.15, 0.2) is 17.5 Å². The fourth-order valence-corrected chi connectivity index (χ4v) is 2.73. The third-order valence-corrected chi connectivity index (χ3v) is 4.24. The van der Waals surface area contributed by atoms with Crippen LogP contribution in [-0.4, -0.2) is 20.2 Å². The van der Waals surface area contributed by atoms with Crippen LogP contribution in [0.15, 0.2) is 77.8 Å². The van der Waals surface area contributed by atoms with Crippen molar-refractivity contribution < 1.29 is 14.2 Å². The minimum atomic E-state index is 0.321. The van der Waals surface area contributed by atoms with Crippen LogP contribution in [0.3, 0.4) is 0 Å². The smallest absolute Gasteiger partial charge is 0.193 e. The fraction of sp³-hybridized carbons (Fsp3) is 0.174. The number of hydrogen-bond donors (Lipinski definition) is 2. The predicted octanol–water partition coefficient (Wildman–Crippen LogP) is 4.21. The van der Waals surface area contributed by atoms with Crippen LogP contribution in [0.4, 0.5) is 5.69 Å². The summed E-state index contributed by atoms with van der Waals surface area (Å²) in [6.45, 7) is 0.893. The molecule has 0 atom stereocenters. The standard InChI is InChI=1S/C23H25N3O3/c1-27-20-10-6-9-19(14-20)26-23(24)25-15-18-11-12-21(22(13-18)28-2)29-16-17-7-4-3-5-8-17/h3-14H,15-16H2,1-2H3,(H3,24,25,26). The maximum Gasteiger partial charge on any atom is 0.193 e. The fourth-order valence-electron chi connectivity index (χ4n) is 2.73. The molecule has 0 radical (unpaired) electrons. The van der Waals surface area contributed by atoms with Gasteiger partial charge in [0.2, 0.25) is 0 Å². The van der Waals surface area contributed by atoms with Gasteiger partial charge < -0.3 is 25.3 Å². The molecule has 150 valence electrons. The van der Waals surface area contributed by atoms with Crippen LogP contribution in [0.2, 0.25) is 0 Å². The van der Waals surface area contributed by atoms with Crippen LogP contribution in [0.1, 0.15) is 11.1 Å². The van der Waals surface area contributed by atoms with Gasteiger partial charge in [-0.2, -0.15) is 0 Å². The zero-order valence-electron chi connectivity index (χ0n) is 16.6. The summed E-state index contributed by atoms with van der Waals surface area (Å²) in [6, 6.07) is 23.2. The first-order valence-corrected chi connectivity index (χ1v) is 9.22. The van der Waals surface area contributed by atoms with E-state index in [1.54, 1.807) is 14.2 Å². The van der Waals surface area contributed by atoms with E-state index in [4.69, 9.17) is 19.9 Å². The molecule has 3 rings (SSSR count). The summed E-state index contributed by atoms with van der Waals surface area (Å²) >= 11 is 0. The maximum atomic E-state index is 6.00. The molecule has 0 saturated heterocycles. The summed E-state index contributed by atoms with van der Waals surface area (Å²) in [5.74, 6) is 2.42. The van der Waals surface area contributed by atoms with Crippen LogP contribution in [0.5, 0.6) is 17.2 Å². The lowest BCUT2D eigenvalue weighted by molar-refractivity contribution is 0.284. The second-order valence-corrected chi connectivity index (χ2v) is 6.32. The molecule has 0 spiro atoms. The second-order valence-electron chi connectivity index (χ2n) is 6.32. The third kappa shape index (κ3) is 5.90. The van der Waals surface area contributed by atoms with Crippen LogP contribution in [0.25, 0.3) is 0 Å². The third-order valence-electron chi connectivity index (χ3n) is 4.24. The van der Waals surface area contributed by atoms with Gasteiger partial charge in [0.25, 0.3) is 0 Å². The topological polar surface area (TPSA) is 78.1 Å². The molecule has 6 heteroatoms. The lowest BCUT2D eigenvalue weighted by Crippen LogP contribution is -2.22.